The molecule has 0 radical (unpaired) electrons. The van der Waals surface area contributed by atoms with Crippen LogP contribution in [0.15, 0.2) is 34.4 Å². The van der Waals surface area contributed by atoms with Crippen molar-refractivity contribution in [3.63, 3.8) is 0 Å². The van der Waals surface area contributed by atoms with Crippen molar-refractivity contribution in [3.05, 3.63) is 56.1 Å². The predicted octanol–water partition coefficient (Wildman–Crippen LogP) is 1.55. The predicted molar refractivity (Wildman–Crippen MR) is 93.6 cm³/mol. The van der Waals surface area contributed by atoms with Gasteiger partial charge in [0, 0.05) is 30.6 Å². The first-order valence-corrected chi connectivity index (χ1v) is 8.86. The fourth-order valence-electron chi connectivity index (χ4n) is 2.87. The Morgan fingerprint density at radius 1 is 1.42 bits per heavy atom. The zero-order chi connectivity index (χ0) is 16.9. The summed E-state index contributed by atoms with van der Waals surface area (Å²) in [6.07, 6.45) is 0. The summed E-state index contributed by atoms with van der Waals surface area (Å²) >= 11 is 1.69. The lowest BCUT2D eigenvalue weighted by Crippen LogP contribution is -2.43. The van der Waals surface area contributed by atoms with E-state index in [1.807, 2.05) is 11.4 Å². The number of thiophene rings is 1. The molecule has 3 heterocycles. The van der Waals surface area contributed by atoms with Crippen molar-refractivity contribution in [3.8, 4) is 0 Å². The van der Waals surface area contributed by atoms with Gasteiger partial charge in [0.1, 0.15) is 5.69 Å². The molecule has 128 valence electrons. The summed E-state index contributed by atoms with van der Waals surface area (Å²) in [7, 11) is 0. The van der Waals surface area contributed by atoms with Crippen molar-refractivity contribution in [1.29, 1.82) is 0 Å². The van der Waals surface area contributed by atoms with Gasteiger partial charge in [-0.3, -0.25) is 14.5 Å². The number of nitrogens with one attached hydrogen (secondary N) is 2. The van der Waals surface area contributed by atoms with Crippen LogP contribution in [0.5, 0.6) is 0 Å². The van der Waals surface area contributed by atoms with Gasteiger partial charge in [0.2, 0.25) is 5.56 Å². The van der Waals surface area contributed by atoms with Gasteiger partial charge < -0.3 is 15.0 Å². The van der Waals surface area contributed by atoms with E-state index in [1.165, 1.54) is 10.9 Å². The highest BCUT2D eigenvalue weighted by atomic mass is 32.1. The summed E-state index contributed by atoms with van der Waals surface area (Å²) in [4.78, 5) is 30.0. The third kappa shape index (κ3) is 4.11. The molecule has 0 saturated carbocycles. The number of pyridine rings is 1. The second-order valence-electron chi connectivity index (χ2n) is 5.83. The molecule has 1 fully saturated rings. The number of carbonyl (C=O) groups excluding carboxylic acids is 1. The van der Waals surface area contributed by atoms with Crippen LogP contribution in [0.3, 0.4) is 0 Å². The zero-order valence-electron chi connectivity index (χ0n) is 13.6. The molecule has 24 heavy (non-hydrogen) atoms. The Bertz CT molecular complexity index is 736. The van der Waals surface area contributed by atoms with Gasteiger partial charge >= 0.3 is 0 Å². The molecule has 0 aliphatic carbocycles. The Hall–Kier alpha value is -1.96. The van der Waals surface area contributed by atoms with Gasteiger partial charge in [-0.25, -0.2) is 0 Å². The van der Waals surface area contributed by atoms with Crippen LogP contribution in [-0.2, 0) is 4.74 Å². The van der Waals surface area contributed by atoms with Crippen molar-refractivity contribution in [2.75, 3.05) is 32.8 Å². The number of ether oxygens (including phenoxy) is 1. The number of aromatic amines is 1. The Labute approximate surface area is 144 Å². The standard InChI is InChI=1S/C17H21N3O3S/c1-12-9-13(19-16(21)10-12)17(22)18-11-14(15-3-2-8-24-15)20-4-6-23-7-5-20/h2-3,8-10,14H,4-7,11H2,1H3,(H,18,22)(H,19,21)/t14-/m1/s1. The van der Waals surface area contributed by atoms with Crippen molar-refractivity contribution in [1.82, 2.24) is 15.2 Å². The molecular formula is C17H21N3O3S. The third-order valence-electron chi connectivity index (χ3n) is 4.05. The van der Waals surface area contributed by atoms with E-state index in [4.69, 9.17) is 4.74 Å². The molecule has 0 spiro atoms. The summed E-state index contributed by atoms with van der Waals surface area (Å²) in [5.74, 6) is -0.259. The first kappa shape index (κ1) is 16.9. The van der Waals surface area contributed by atoms with Gasteiger partial charge in [-0.15, -0.1) is 11.3 Å². The normalized spacial score (nSPS) is 16.7. The molecule has 7 heteroatoms. The van der Waals surface area contributed by atoms with Gasteiger partial charge in [0.15, 0.2) is 0 Å². The van der Waals surface area contributed by atoms with Crippen molar-refractivity contribution >= 4 is 17.2 Å². The molecule has 2 aromatic rings. The first-order valence-electron chi connectivity index (χ1n) is 7.98. The van der Waals surface area contributed by atoms with Crippen LogP contribution >= 0.6 is 11.3 Å². The Morgan fingerprint density at radius 3 is 2.88 bits per heavy atom. The first-order chi connectivity index (χ1) is 11.6. The van der Waals surface area contributed by atoms with E-state index < -0.39 is 0 Å². The third-order valence-corrected chi connectivity index (χ3v) is 5.02. The second kappa shape index (κ2) is 7.74. The zero-order valence-corrected chi connectivity index (χ0v) is 14.4. The molecule has 1 amide bonds. The number of amides is 1. The highest BCUT2D eigenvalue weighted by Crippen LogP contribution is 2.25. The van der Waals surface area contributed by atoms with E-state index in [1.54, 1.807) is 24.3 Å². The molecule has 2 aromatic heterocycles. The molecule has 0 aromatic carbocycles. The molecule has 1 atom stereocenters. The molecule has 1 saturated heterocycles. The van der Waals surface area contributed by atoms with Crippen LogP contribution in [-0.4, -0.2) is 48.6 Å². The van der Waals surface area contributed by atoms with E-state index in [0.717, 1.165) is 18.7 Å². The second-order valence-corrected chi connectivity index (χ2v) is 6.80. The smallest absolute Gasteiger partial charge is 0.267 e. The lowest BCUT2D eigenvalue weighted by Gasteiger charge is -2.34. The van der Waals surface area contributed by atoms with Crippen LogP contribution in [0, 0.1) is 6.92 Å². The van der Waals surface area contributed by atoms with E-state index >= 15 is 0 Å². The minimum Gasteiger partial charge on any atom is -0.379 e. The molecular weight excluding hydrogens is 326 g/mol. The molecule has 1 aliphatic heterocycles. The molecule has 0 bridgehead atoms. The van der Waals surface area contributed by atoms with Gasteiger partial charge in [-0.2, -0.15) is 0 Å². The van der Waals surface area contributed by atoms with E-state index in [2.05, 4.69) is 21.3 Å². The largest absolute Gasteiger partial charge is 0.379 e. The molecule has 6 nitrogen and oxygen atoms in total. The Balaban J connectivity index is 1.71. The molecule has 1 aliphatic rings. The van der Waals surface area contributed by atoms with Crippen molar-refractivity contribution < 1.29 is 9.53 Å². The molecule has 3 rings (SSSR count). The average molecular weight is 347 g/mol. The number of aryl methyl sites for hydroxylation is 1. The SMILES string of the molecule is Cc1cc(C(=O)NC[C@H](c2cccs2)N2CCOCC2)[nH]c(=O)c1. The monoisotopic (exact) mass is 347 g/mol. The Morgan fingerprint density at radius 2 is 2.21 bits per heavy atom. The highest BCUT2D eigenvalue weighted by Gasteiger charge is 2.24. The summed E-state index contributed by atoms with van der Waals surface area (Å²) in [5.41, 5.74) is 0.807. The fraction of sp³-hybridized carbons (Fsp3) is 0.412. The number of aromatic nitrogens is 1. The lowest BCUT2D eigenvalue weighted by molar-refractivity contribution is 0.0169. The number of hydrogen-bond donors (Lipinski definition) is 2. The van der Waals surface area contributed by atoms with Crippen LogP contribution in [0.25, 0.3) is 0 Å². The number of H-pyrrole nitrogens is 1. The van der Waals surface area contributed by atoms with Gasteiger partial charge in [0.25, 0.3) is 5.91 Å². The maximum Gasteiger partial charge on any atom is 0.267 e. The number of carbonyl (C=O) groups is 1. The minimum atomic E-state index is -0.261. The molecule has 0 unspecified atom stereocenters. The van der Waals surface area contributed by atoms with Crippen molar-refractivity contribution in [2.45, 2.75) is 13.0 Å². The quantitative estimate of drug-likeness (QED) is 0.861. The van der Waals surface area contributed by atoms with Crippen molar-refractivity contribution in [2.24, 2.45) is 0 Å². The average Bonchev–Trinajstić information content (AvgIpc) is 3.09. The highest BCUT2D eigenvalue weighted by molar-refractivity contribution is 7.10. The lowest BCUT2D eigenvalue weighted by atomic mass is 10.1. The maximum atomic E-state index is 12.4. The summed E-state index contributed by atoms with van der Waals surface area (Å²) < 4.78 is 5.42. The number of hydrogen-bond acceptors (Lipinski definition) is 5. The van der Waals surface area contributed by atoms with Gasteiger partial charge in [0.05, 0.1) is 19.3 Å². The molecule has 2 N–H and O–H groups in total. The fourth-order valence-corrected chi connectivity index (χ4v) is 3.73. The number of rotatable bonds is 5. The van der Waals surface area contributed by atoms with E-state index in [-0.39, 0.29) is 17.5 Å². The van der Waals surface area contributed by atoms with Crippen LogP contribution < -0.4 is 10.9 Å². The summed E-state index contributed by atoms with van der Waals surface area (Å²) in [6.45, 7) is 5.41. The summed E-state index contributed by atoms with van der Waals surface area (Å²) in [5, 5.41) is 5.00. The summed E-state index contributed by atoms with van der Waals surface area (Å²) in [6, 6.07) is 7.39. The maximum absolute atomic E-state index is 12.4. The topological polar surface area (TPSA) is 74.4 Å². The number of morpholine rings is 1. The van der Waals surface area contributed by atoms with Gasteiger partial charge in [-0.1, -0.05) is 6.07 Å². The minimum absolute atomic E-state index is 0.120. The van der Waals surface area contributed by atoms with Gasteiger partial charge in [-0.05, 0) is 30.0 Å². The number of nitrogens with zero attached hydrogens (tertiary/aromatic N) is 1. The van der Waals surface area contributed by atoms with Crippen LogP contribution in [0.1, 0.15) is 27.0 Å². The van der Waals surface area contributed by atoms with E-state index in [9.17, 15) is 9.59 Å². The van der Waals surface area contributed by atoms with Crippen LogP contribution in [0.2, 0.25) is 0 Å². The Kier molecular flexibility index (Phi) is 5.44. The van der Waals surface area contributed by atoms with Crippen LogP contribution in [0.4, 0.5) is 0 Å². The van der Waals surface area contributed by atoms with E-state index in [0.29, 0.717) is 25.5 Å².